The molecule has 2 aliphatic rings. The second-order valence-electron chi connectivity index (χ2n) is 13.1. The molecule has 2 saturated heterocycles. The van der Waals surface area contributed by atoms with Crippen molar-refractivity contribution in [3.8, 4) is 23.0 Å². The molecule has 2 aromatic carbocycles. The number of likely N-dealkylation sites (tertiary alicyclic amines) is 1. The van der Waals surface area contributed by atoms with Crippen LogP contribution < -0.4 is 9.64 Å². The number of aromatic nitrogens is 3. The van der Waals surface area contributed by atoms with Crippen molar-refractivity contribution < 1.29 is 28.6 Å². The predicted octanol–water partition coefficient (Wildman–Crippen LogP) is 5.16. The third kappa shape index (κ3) is 7.11. The van der Waals surface area contributed by atoms with Gasteiger partial charge in [0, 0.05) is 56.9 Å². The maximum atomic E-state index is 15.2. The molecule has 4 heterocycles. The number of alkyl halides is 1. The molecule has 0 spiro atoms. The number of fused-ring (bicyclic) bond motifs is 1. The zero-order valence-corrected chi connectivity index (χ0v) is 27.2. The first-order chi connectivity index (χ1) is 22.5. The van der Waals surface area contributed by atoms with Crippen LogP contribution in [0, 0.1) is 5.92 Å². The first-order valence-corrected chi connectivity index (χ1v) is 16.0. The molecule has 2 atom stereocenters. The van der Waals surface area contributed by atoms with Crippen molar-refractivity contribution in [2.24, 2.45) is 13.0 Å². The van der Waals surface area contributed by atoms with Gasteiger partial charge >= 0.3 is 6.09 Å². The molecule has 4 aromatic rings. The number of piperidine rings is 1. The van der Waals surface area contributed by atoms with Gasteiger partial charge in [0.05, 0.1) is 23.5 Å². The van der Waals surface area contributed by atoms with Gasteiger partial charge in [-0.2, -0.15) is 10.1 Å². The molecule has 47 heavy (non-hydrogen) atoms. The number of anilines is 1. The summed E-state index contributed by atoms with van der Waals surface area (Å²) in [7, 11) is 1.88. The Bertz CT molecular complexity index is 1750. The van der Waals surface area contributed by atoms with Crippen LogP contribution in [0.1, 0.15) is 32.8 Å². The molecule has 2 fully saturated rings. The monoisotopic (exact) mass is 644 g/mol. The van der Waals surface area contributed by atoms with Crippen LogP contribution >= 0.6 is 0 Å². The molecule has 6 rings (SSSR count). The number of benzene rings is 2. The van der Waals surface area contributed by atoms with E-state index in [1.165, 1.54) is 11.0 Å². The summed E-state index contributed by atoms with van der Waals surface area (Å²) < 4.78 is 28.4. The normalized spacial score (nSPS) is 18.8. The number of carbonyl (C=O) groups excluding carboxylic acids is 2. The number of rotatable bonds is 6. The van der Waals surface area contributed by atoms with Crippen LogP contribution in [0.5, 0.6) is 11.8 Å². The highest BCUT2D eigenvalue weighted by Crippen LogP contribution is 2.36. The second-order valence-corrected chi connectivity index (χ2v) is 13.1. The van der Waals surface area contributed by atoms with Gasteiger partial charge in [0.25, 0.3) is 0 Å². The van der Waals surface area contributed by atoms with Crippen LogP contribution in [0.3, 0.4) is 0 Å². The summed E-state index contributed by atoms with van der Waals surface area (Å²) in [6, 6.07) is 19.2. The van der Waals surface area contributed by atoms with Crippen molar-refractivity contribution in [1.29, 1.82) is 0 Å². The zero-order chi connectivity index (χ0) is 33.3. The average Bonchev–Trinajstić information content (AvgIpc) is 3.38. The fraction of sp³-hybridized carbons (Fsp3) is 0.429. The van der Waals surface area contributed by atoms with Gasteiger partial charge in [0.2, 0.25) is 17.7 Å². The average molecular weight is 645 g/mol. The topological polar surface area (TPSA) is 113 Å². The maximum Gasteiger partial charge on any atom is 0.410 e. The number of hydrogen-bond acceptors (Lipinski definition) is 8. The minimum Gasteiger partial charge on any atom is -0.493 e. The molecule has 2 unspecified atom stereocenters. The largest absolute Gasteiger partial charge is 0.493 e. The van der Waals surface area contributed by atoms with E-state index in [0.29, 0.717) is 56.5 Å². The Morgan fingerprint density at radius 2 is 1.72 bits per heavy atom. The van der Waals surface area contributed by atoms with Gasteiger partial charge in [-0.25, -0.2) is 9.18 Å². The fourth-order valence-corrected chi connectivity index (χ4v) is 6.18. The molecular formula is C35H41FN6O5. The van der Waals surface area contributed by atoms with Gasteiger partial charge in [0.1, 0.15) is 24.1 Å². The number of pyridine rings is 1. The summed E-state index contributed by atoms with van der Waals surface area (Å²) in [5, 5.41) is 15.8. The lowest BCUT2D eigenvalue weighted by Crippen LogP contribution is -2.55. The SMILES string of the molecule is Cn1nc(-c2ccc(O)nc2OCc2ccccc2)c2ccc(N3CCN(C(=O)C4CCN(C(=O)OC(C)(C)C)CC4F)CC3)cc21. The minimum atomic E-state index is -1.43. The second kappa shape index (κ2) is 13.1. The highest BCUT2D eigenvalue weighted by molar-refractivity contribution is 5.96. The number of nitrogens with zero attached hydrogens (tertiary/aromatic N) is 6. The van der Waals surface area contributed by atoms with E-state index < -0.39 is 23.8 Å². The quantitative estimate of drug-likeness (QED) is 0.306. The number of amides is 2. The number of hydrogen-bond donors (Lipinski definition) is 1. The first kappa shape index (κ1) is 32.1. The Morgan fingerprint density at radius 1 is 0.979 bits per heavy atom. The van der Waals surface area contributed by atoms with Crippen LogP contribution in [-0.4, -0.2) is 92.7 Å². The predicted molar refractivity (Wildman–Crippen MR) is 176 cm³/mol. The first-order valence-electron chi connectivity index (χ1n) is 16.0. The molecule has 2 aliphatic heterocycles. The van der Waals surface area contributed by atoms with E-state index in [1.54, 1.807) is 31.7 Å². The Balaban J connectivity index is 1.11. The van der Waals surface area contributed by atoms with Crippen molar-refractivity contribution >= 4 is 28.6 Å². The van der Waals surface area contributed by atoms with Gasteiger partial charge in [-0.05, 0) is 57.0 Å². The minimum absolute atomic E-state index is 0.134. The van der Waals surface area contributed by atoms with Gasteiger partial charge in [-0.15, -0.1) is 0 Å². The van der Waals surface area contributed by atoms with Gasteiger partial charge in [-0.3, -0.25) is 9.48 Å². The third-order valence-electron chi connectivity index (χ3n) is 8.62. The lowest BCUT2D eigenvalue weighted by molar-refractivity contribution is -0.140. The molecule has 2 amide bonds. The van der Waals surface area contributed by atoms with E-state index in [4.69, 9.17) is 14.6 Å². The zero-order valence-electron chi connectivity index (χ0n) is 27.2. The van der Waals surface area contributed by atoms with E-state index in [-0.39, 0.29) is 24.8 Å². The van der Waals surface area contributed by atoms with Crippen LogP contribution in [0.4, 0.5) is 14.9 Å². The smallest absolute Gasteiger partial charge is 0.410 e. The lowest BCUT2D eigenvalue weighted by Gasteiger charge is -2.40. The highest BCUT2D eigenvalue weighted by atomic mass is 19.1. The lowest BCUT2D eigenvalue weighted by atomic mass is 9.93. The number of aryl methyl sites for hydroxylation is 1. The van der Waals surface area contributed by atoms with Gasteiger partial charge < -0.3 is 29.3 Å². The van der Waals surface area contributed by atoms with Gasteiger partial charge in [0.15, 0.2) is 0 Å². The molecule has 0 radical (unpaired) electrons. The van der Waals surface area contributed by atoms with Crippen LogP contribution in [0.15, 0.2) is 60.7 Å². The molecule has 0 aliphatic carbocycles. The Kier molecular flexibility index (Phi) is 8.94. The van der Waals surface area contributed by atoms with Crippen molar-refractivity contribution in [3.05, 3.63) is 66.2 Å². The van der Waals surface area contributed by atoms with Crippen LogP contribution in [0.2, 0.25) is 0 Å². The third-order valence-corrected chi connectivity index (χ3v) is 8.62. The molecule has 12 heteroatoms. The Morgan fingerprint density at radius 3 is 2.43 bits per heavy atom. The Hall–Kier alpha value is -4.87. The molecule has 1 N–H and O–H groups in total. The van der Waals surface area contributed by atoms with Crippen molar-refractivity contribution in [3.63, 3.8) is 0 Å². The number of ether oxygens (including phenoxy) is 2. The van der Waals surface area contributed by atoms with Crippen molar-refractivity contribution in [2.45, 2.75) is 45.6 Å². The van der Waals surface area contributed by atoms with E-state index in [2.05, 4.69) is 16.0 Å². The molecule has 0 saturated carbocycles. The van der Waals surface area contributed by atoms with Crippen molar-refractivity contribution in [1.82, 2.24) is 24.6 Å². The van der Waals surface area contributed by atoms with Crippen LogP contribution in [-0.2, 0) is 23.2 Å². The standard InChI is InChI=1S/C35H41FN6O5/c1-35(2,3)47-34(45)42-15-14-25(28(36)21-42)33(44)41-18-16-40(17-19-41)24-10-11-26-29(20-24)39(4)38-31(26)27-12-13-30(43)37-32(27)46-22-23-8-6-5-7-9-23/h5-13,20,25,28H,14-19,21-22H2,1-4H3,(H,37,43). The number of halogens is 1. The summed E-state index contributed by atoms with van der Waals surface area (Å²) in [5.74, 6) is -0.795. The fourth-order valence-electron chi connectivity index (χ4n) is 6.18. The van der Waals surface area contributed by atoms with Gasteiger partial charge in [-0.1, -0.05) is 30.3 Å². The summed E-state index contributed by atoms with van der Waals surface area (Å²) in [4.78, 5) is 35.3. The van der Waals surface area contributed by atoms with E-state index in [0.717, 1.165) is 22.2 Å². The molecule has 0 bridgehead atoms. The van der Waals surface area contributed by atoms with Crippen LogP contribution in [0.25, 0.3) is 22.2 Å². The molecular weight excluding hydrogens is 603 g/mol. The van der Waals surface area contributed by atoms with E-state index in [1.807, 2.05) is 54.2 Å². The highest BCUT2D eigenvalue weighted by Gasteiger charge is 2.39. The summed E-state index contributed by atoms with van der Waals surface area (Å²) in [5.41, 5.74) is 3.59. The molecule has 2 aromatic heterocycles. The summed E-state index contributed by atoms with van der Waals surface area (Å²) >= 11 is 0. The van der Waals surface area contributed by atoms with E-state index in [9.17, 15) is 14.7 Å². The van der Waals surface area contributed by atoms with Crippen molar-refractivity contribution in [2.75, 3.05) is 44.2 Å². The number of carbonyl (C=O) groups is 2. The van der Waals surface area contributed by atoms with E-state index >= 15 is 4.39 Å². The maximum absolute atomic E-state index is 15.2. The molecule has 248 valence electrons. The summed E-state index contributed by atoms with van der Waals surface area (Å²) in [6.45, 7) is 7.94. The number of aromatic hydroxyl groups is 1. The molecule has 11 nitrogen and oxygen atoms in total. The Labute approximate surface area is 273 Å². The summed E-state index contributed by atoms with van der Waals surface area (Å²) in [6.07, 6.45) is -1.71. The number of piperazine rings is 1.